The Morgan fingerprint density at radius 3 is 2.33 bits per heavy atom. The van der Waals surface area contributed by atoms with E-state index in [4.69, 9.17) is 15.0 Å². The van der Waals surface area contributed by atoms with E-state index in [-0.39, 0.29) is 23.0 Å². The van der Waals surface area contributed by atoms with Crippen molar-refractivity contribution in [1.29, 1.82) is 0 Å². The molecule has 1 aromatic rings. The fraction of sp³-hybridized carbons (Fsp3) is 0.533. The molecule has 0 radical (unpaired) electrons. The maximum absolute atomic E-state index is 9.88. The highest BCUT2D eigenvalue weighted by atomic mass is 16.7. The summed E-state index contributed by atoms with van der Waals surface area (Å²) in [5.74, 6) is 1.92. The van der Waals surface area contributed by atoms with Crippen molar-refractivity contribution in [3.63, 3.8) is 0 Å². The summed E-state index contributed by atoms with van der Waals surface area (Å²) in [7, 11) is -0.412. The summed E-state index contributed by atoms with van der Waals surface area (Å²) in [6, 6.07) is 1.33. The van der Waals surface area contributed by atoms with Gasteiger partial charge in [0.05, 0.1) is 16.9 Å². The molecule has 3 N–H and O–H groups in total. The van der Waals surface area contributed by atoms with Crippen LogP contribution in [0.2, 0.25) is 0 Å². The third-order valence-corrected chi connectivity index (χ3v) is 4.07. The number of hydrogen-bond donors (Lipinski definition) is 2. The van der Waals surface area contributed by atoms with Crippen LogP contribution < -0.4 is 5.73 Å². The van der Waals surface area contributed by atoms with E-state index < -0.39 is 7.12 Å². The lowest BCUT2D eigenvalue weighted by Gasteiger charge is -2.32. The molecule has 2 heterocycles. The van der Waals surface area contributed by atoms with Crippen molar-refractivity contribution in [2.45, 2.75) is 51.9 Å². The van der Waals surface area contributed by atoms with Crippen LogP contribution in [0.5, 0.6) is 5.75 Å². The van der Waals surface area contributed by atoms with Gasteiger partial charge in [-0.1, -0.05) is 12.1 Å². The van der Waals surface area contributed by atoms with E-state index in [1.807, 2.05) is 39.7 Å². The second kappa shape index (κ2) is 5.44. The molecule has 21 heavy (non-hydrogen) atoms. The summed E-state index contributed by atoms with van der Waals surface area (Å²) >= 11 is 0. The van der Waals surface area contributed by atoms with Crippen molar-refractivity contribution < 1.29 is 14.4 Å². The van der Waals surface area contributed by atoms with Gasteiger partial charge < -0.3 is 20.1 Å². The topological polar surface area (TPSA) is 77.6 Å². The largest absolute Gasteiger partial charge is 0.506 e. The molecule has 0 aliphatic carbocycles. The highest BCUT2D eigenvalue weighted by molar-refractivity contribution is 6.52. The predicted molar refractivity (Wildman–Crippen MR) is 83.6 cm³/mol. The van der Waals surface area contributed by atoms with Crippen LogP contribution in [-0.4, -0.2) is 28.4 Å². The van der Waals surface area contributed by atoms with Crippen LogP contribution in [0, 0.1) is 0 Å². The summed E-state index contributed by atoms with van der Waals surface area (Å²) < 4.78 is 11.7. The van der Waals surface area contributed by atoms with Crippen LogP contribution >= 0.6 is 0 Å². The first kappa shape index (κ1) is 16.0. The Labute approximate surface area is 126 Å². The average Bonchev–Trinajstić information content (AvgIpc) is 2.55. The van der Waals surface area contributed by atoms with E-state index in [2.05, 4.69) is 4.98 Å². The second-order valence-corrected chi connectivity index (χ2v) is 6.45. The third kappa shape index (κ3) is 3.28. The van der Waals surface area contributed by atoms with Crippen molar-refractivity contribution in [2.75, 3.05) is 0 Å². The summed E-state index contributed by atoms with van der Waals surface area (Å²) in [5, 5.41) is 9.88. The lowest BCUT2D eigenvalue weighted by atomic mass is 9.89. The third-order valence-electron chi connectivity index (χ3n) is 4.07. The second-order valence-electron chi connectivity index (χ2n) is 6.45. The summed E-state index contributed by atoms with van der Waals surface area (Å²) in [6.45, 7) is 9.80. The van der Waals surface area contributed by atoms with Gasteiger partial charge in [-0.3, -0.25) is 4.98 Å². The van der Waals surface area contributed by atoms with Crippen LogP contribution in [0.4, 0.5) is 0 Å². The average molecular weight is 290 g/mol. The monoisotopic (exact) mass is 290 g/mol. The summed E-state index contributed by atoms with van der Waals surface area (Å²) in [5.41, 5.74) is 6.26. The van der Waals surface area contributed by atoms with Gasteiger partial charge in [0.15, 0.2) is 0 Å². The Morgan fingerprint density at radius 1 is 1.29 bits per heavy atom. The van der Waals surface area contributed by atoms with Crippen LogP contribution in [0.25, 0.3) is 6.08 Å². The van der Waals surface area contributed by atoms with Gasteiger partial charge in [-0.05, 0) is 46.2 Å². The van der Waals surface area contributed by atoms with E-state index in [0.717, 1.165) is 5.56 Å². The SMILES string of the molecule is C[C@@H](N)c1ncc(/C=C/B2OC(C)(C)C(C)(C)O2)cc1O. The predicted octanol–water partition coefficient (Wildman–Crippen LogP) is 2.45. The highest BCUT2D eigenvalue weighted by Gasteiger charge is 2.49. The Morgan fingerprint density at radius 2 is 1.86 bits per heavy atom. The number of nitrogens with zero attached hydrogens (tertiary/aromatic N) is 1. The highest BCUT2D eigenvalue weighted by Crippen LogP contribution is 2.37. The van der Waals surface area contributed by atoms with Gasteiger partial charge in [-0.2, -0.15) is 0 Å². The molecule has 0 bridgehead atoms. The van der Waals surface area contributed by atoms with Gasteiger partial charge in [-0.15, -0.1) is 0 Å². The van der Waals surface area contributed by atoms with Gasteiger partial charge in [0, 0.05) is 12.2 Å². The fourth-order valence-electron chi connectivity index (χ4n) is 2.08. The van der Waals surface area contributed by atoms with Crippen molar-refractivity contribution in [2.24, 2.45) is 5.73 Å². The molecule has 0 aromatic carbocycles. The van der Waals surface area contributed by atoms with Crippen LogP contribution in [0.15, 0.2) is 18.2 Å². The molecule has 1 aliphatic rings. The molecule has 1 fully saturated rings. The van der Waals surface area contributed by atoms with Crippen molar-refractivity contribution in [1.82, 2.24) is 4.98 Å². The summed E-state index contributed by atoms with van der Waals surface area (Å²) in [4.78, 5) is 4.17. The van der Waals surface area contributed by atoms with E-state index in [1.54, 1.807) is 19.2 Å². The number of nitrogens with two attached hydrogens (primary N) is 1. The number of aromatic hydroxyl groups is 1. The molecule has 1 atom stereocenters. The normalized spacial score (nSPS) is 21.9. The van der Waals surface area contributed by atoms with E-state index in [1.165, 1.54) is 0 Å². The first-order valence-corrected chi connectivity index (χ1v) is 7.11. The van der Waals surface area contributed by atoms with Crippen LogP contribution in [-0.2, 0) is 9.31 Å². The standard InChI is InChI=1S/C15H23BN2O3/c1-10(17)13-12(19)8-11(9-18-13)6-7-16-20-14(2,3)15(4,5)21-16/h6-10,19H,17H2,1-5H3/b7-6+/t10-/m1/s1. The Kier molecular flexibility index (Phi) is 4.15. The van der Waals surface area contributed by atoms with Crippen LogP contribution in [0.1, 0.15) is 51.9 Å². The number of hydrogen-bond acceptors (Lipinski definition) is 5. The molecular formula is C15H23BN2O3. The number of rotatable bonds is 3. The molecule has 114 valence electrons. The van der Waals surface area contributed by atoms with Crippen LogP contribution in [0.3, 0.4) is 0 Å². The lowest BCUT2D eigenvalue weighted by Crippen LogP contribution is -2.41. The smallest absolute Gasteiger partial charge is 0.487 e. The summed E-state index contributed by atoms with van der Waals surface area (Å²) in [6.07, 6.45) is 3.49. The van der Waals surface area contributed by atoms with Gasteiger partial charge in [0.1, 0.15) is 5.75 Å². The van der Waals surface area contributed by atoms with Gasteiger partial charge in [0.25, 0.3) is 0 Å². The molecule has 2 rings (SSSR count). The van der Waals surface area contributed by atoms with E-state index in [0.29, 0.717) is 5.69 Å². The number of aromatic nitrogens is 1. The molecule has 0 spiro atoms. The van der Waals surface area contributed by atoms with E-state index >= 15 is 0 Å². The lowest BCUT2D eigenvalue weighted by molar-refractivity contribution is 0.00578. The van der Waals surface area contributed by atoms with E-state index in [9.17, 15) is 5.11 Å². The first-order valence-electron chi connectivity index (χ1n) is 7.11. The fourth-order valence-corrected chi connectivity index (χ4v) is 2.08. The Balaban J connectivity index is 2.11. The molecule has 1 aromatic heterocycles. The van der Waals surface area contributed by atoms with Gasteiger partial charge in [0.2, 0.25) is 0 Å². The minimum atomic E-state index is -0.412. The first-order chi connectivity index (χ1) is 9.62. The Hall–Kier alpha value is -1.37. The van der Waals surface area contributed by atoms with Crippen molar-refractivity contribution in [3.05, 3.63) is 29.5 Å². The molecular weight excluding hydrogens is 267 g/mol. The maximum atomic E-state index is 9.88. The quantitative estimate of drug-likeness (QED) is 0.836. The van der Waals surface area contributed by atoms with Gasteiger partial charge in [-0.25, -0.2) is 0 Å². The zero-order chi connectivity index (χ0) is 15.8. The van der Waals surface area contributed by atoms with Gasteiger partial charge >= 0.3 is 7.12 Å². The zero-order valence-corrected chi connectivity index (χ0v) is 13.3. The minimum Gasteiger partial charge on any atom is -0.506 e. The molecule has 1 saturated heterocycles. The number of pyridine rings is 1. The molecule has 5 nitrogen and oxygen atoms in total. The van der Waals surface area contributed by atoms with Crippen molar-refractivity contribution >= 4 is 13.2 Å². The minimum absolute atomic E-state index is 0.0982. The molecule has 0 unspecified atom stereocenters. The Bertz CT molecular complexity index is 540. The molecule has 0 amide bonds. The molecule has 0 saturated carbocycles. The molecule has 6 heteroatoms. The van der Waals surface area contributed by atoms with Crippen molar-refractivity contribution in [3.8, 4) is 5.75 Å². The molecule has 1 aliphatic heterocycles. The zero-order valence-electron chi connectivity index (χ0n) is 13.3. The maximum Gasteiger partial charge on any atom is 0.487 e.